The van der Waals surface area contributed by atoms with Gasteiger partial charge >= 0.3 is 0 Å². The quantitative estimate of drug-likeness (QED) is 0.833. The van der Waals surface area contributed by atoms with E-state index in [9.17, 15) is 9.18 Å². The summed E-state index contributed by atoms with van der Waals surface area (Å²) in [6.07, 6.45) is 3.33. The average molecular weight is 328 g/mol. The van der Waals surface area contributed by atoms with Gasteiger partial charge in [-0.2, -0.15) is 0 Å². The number of carbonyl (C=O) groups excluding carboxylic acids is 1. The summed E-state index contributed by atoms with van der Waals surface area (Å²) in [5.41, 5.74) is 0.358. The highest BCUT2D eigenvalue weighted by atomic mass is 19.1. The Balaban J connectivity index is 1.55. The van der Waals surface area contributed by atoms with Crippen LogP contribution >= 0.6 is 0 Å². The molecular weight excluding hydrogens is 311 g/mol. The molecule has 0 saturated carbocycles. The van der Waals surface area contributed by atoms with Crippen LogP contribution in [0.3, 0.4) is 0 Å². The zero-order chi connectivity index (χ0) is 16.5. The Morgan fingerprint density at radius 3 is 2.83 bits per heavy atom. The molecule has 0 bridgehead atoms. The van der Waals surface area contributed by atoms with Gasteiger partial charge in [-0.05, 0) is 24.3 Å². The summed E-state index contributed by atoms with van der Waals surface area (Å²) in [6.45, 7) is 2.26. The number of halogens is 1. The van der Waals surface area contributed by atoms with Gasteiger partial charge in [0.1, 0.15) is 5.82 Å². The monoisotopic (exact) mass is 328 g/mol. The van der Waals surface area contributed by atoms with E-state index in [2.05, 4.69) is 14.9 Å². The molecule has 2 atom stereocenters. The van der Waals surface area contributed by atoms with E-state index in [1.165, 1.54) is 12.1 Å². The molecule has 3 heterocycles. The lowest BCUT2D eigenvalue weighted by molar-refractivity contribution is 0.0296. The van der Waals surface area contributed by atoms with E-state index in [0.29, 0.717) is 37.8 Å². The zero-order valence-electron chi connectivity index (χ0n) is 13.0. The van der Waals surface area contributed by atoms with Gasteiger partial charge in [-0.15, -0.1) is 0 Å². The van der Waals surface area contributed by atoms with Crippen molar-refractivity contribution in [1.29, 1.82) is 0 Å². The fourth-order valence-electron chi connectivity index (χ4n) is 3.35. The molecule has 1 aromatic heterocycles. The summed E-state index contributed by atoms with van der Waals surface area (Å²) < 4.78 is 19.2. The van der Waals surface area contributed by atoms with E-state index in [-0.39, 0.29) is 18.1 Å². The van der Waals surface area contributed by atoms with Gasteiger partial charge in [-0.1, -0.05) is 6.07 Å². The number of carbonyl (C=O) groups is 1. The van der Waals surface area contributed by atoms with Gasteiger partial charge in [0, 0.05) is 37.6 Å². The summed E-state index contributed by atoms with van der Waals surface area (Å²) in [6, 6.07) is 7.56. The van der Waals surface area contributed by atoms with E-state index < -0.39 is 5.82 Å². The normalized spacial score (nSPS) is 23.2. The lowest BCUT2D eigenvalue weighted by Gasteiger charge is -2.36. The third-order valence-electron chi connectivity index (χ3n) is 4.47. The number of anilines is 1. The number of likely N-dealkylation sites (tertiary alicyclic amines) is 1. The van der Waals surface area contributed by atoms with Crippen molar-refractivity contribution < 1.29 is 13.9 Å². The number of nitrogens with zero attached hydrogens (tertiary/aromatic N) is 4. The van der Waals surface area contributed by atoms with Crippen molar-refractivity contribution in [3.63, 3.8) is 0 Å². The minimum atomic E-state index is -0.409. The first-order valence-electron chi connectivity index (χ1n) is 7.92. The second kappa shape index (κ2) is 6.16. The number of ether oxygens (including phenoxy) is 1. The number of amides is 1. The van der Waals surface area contributed by atoms with Gasteiger partial charge in [0.05, 0.1) is 18.8 Å². The van der Waals surface area contributed by atoms with E-state index >= 15 is 0 Å². The molecule has 0 aliphatic carbocycles. The first kappa shape index (κ1) is 15.0. The summed E-state index contributed by atoms with van der Waals surface area (Å²) in [7, 11) is 0. The van der Waals surface area contributed by atoms with Crippen LogP contribution in [0, 0.1) is 5.82 Å². The Bertz CT molecular complexity index is 742. The third-order valence-corrected chi connectivity index (χ3v) is 4.47. The van der Waals surface area contributed by atoms with Crippen LogP contribution in [0.1, 0.15) is 10.4 Å². The van der Waals surface area contributed by atoms with Gasteiger partial charge < -0.3 is 14.5 Å². The largest absolute Gasteiger partial charge is 0.372 e. The molecule has 2 fully saturated rings. The van der Waals surface area contributed by atoms with Crippen molar-refractivity contribution in [3.05, 3.63) is 54.1 Å². The van der Waals surface area contributed by atoms with Crippen LogP contribution in [0.2, 0.25) is 0 Å². The predicted octanol–water partition coefficient (Wildman–Crippen LogP) is 1.35. The Hall–Kier alpha value is -2.54. The van der Waals surface area contributed by atoms with Crippen molar-refractivity contribution in [2.75, 3.05) is 31.1 Å². The second-order valence-electron chi connectivity index (χ2n) is 5.94. The molecule has 2 aliphatic heterocycles. The van der Waals surface area contributed by atoms with Crippen LogP contribution in [0.4, 0.5) is 10.3 Å². The molecule has 0 spiro atoms. The maximum absolute atomic E-state index is 13.4. The molecule has 2 saturated heterocycles. The summed E-state index contributed by atoms with van der Waals surface area (Å²) in [4.78, 5) is 25.1. The van der Waals surface area contributed by atoms with Crippen LogP contribution in [0.25, 0.3) is 0 Å². The van der Waals surface area contributed by atoms with E-state index in [1.807, 2.05) is 0 Å². The van der Waals surface area contributed by atoms with Crippen molar-refractivity contribution in [1.82, 2.24) is 14.9 Å². The Morgan fingerprint density at radius 2 is 2.04 bits per heavy atom. The zero-order valence-corrected chi connectivity index (χ0v) is 13.0. The van der Waals surface area contributed by atoms with Gasteiger partial charge in [-0.3, -0.25) is 4.79 Å². The molecule has 124 valence electrons. The molecule has 0 N–H and O–H groups in total. The molecule has 0 radical (unpaired) electrons. The smallest absolute Gasteiger partial charge is 0.254 e. The first-order valence-corrected chi connectivity index (χ1v) is 7.92. The second-order valence-corrected chi connectivity index (χ2v) is 5.94. The number of aromatic nitrogens is 2. The van der Waals surface area contributed by atoms with E-state index in [0.717, 1.165) is 0 Å². The van der Waals surface area contributed by atoms with E-state index in [1.54, 1.807) is 35.5 Å². The molecule has 7 heteroatoms. The lowest BCUT2D eigenvalue weighted by Crippen LogP contribution is -2.51. The first-order chi connectivity index (χ1) is 11.7. The Kier molecular flexibility index (Phi) is 3.86. The number of hydrogen-bond donors (Lipinski definition) is 0. The van der Waals surface area contributed by atoms with Crippen LogP contribution in [-0.2, 0) is 4.74 Å². The Morgan fingerprint density at radius 1 is 1.21 bits per heavy atom. The van der Waals surface area contributed by atoms with Crippen molar-refractivity contribution in [3.8, 4) is 0 Å². The van der Waals surface area contributed by atoms with Crippen molar-refractivity contribution >= 4 is 11.9 Å². The molecule has 4 rings (SSSR count). The Labute approximate surface area is 138 Å². The number of fused-ring (bicyclic) bond motifs is 1. The minimum Gasteiger partial charge on any atom is -0.372 e. The summed E-state index contributed by atoms with van der Waals surface area (Å²) >= 11 is 0. The minimum absolute atomic E-state index is 0.0126. The molecule has 2 aromatic rings. The van der Waals surface area contributed by atoms with Gasteiger partial charge in [0.2, 0.25) is 5.95 Å². The fraction of sp³-hybridized carbons (Fsp3) is 0.353. The molecule has 6 nitrogen and oxygen atoms in total. The number of hydrogen-bond acceptors (Lipinski definition) is 5. The fourth-order valence-corrected chi connectivity index (χ4v) is 3.35. The standard InChI is InChI=1S/C17H17FN4O2/c18-13-4-1-3-12(9-13)16(23)21-10-14-15(11-21)24-8-7-22(14)17-19-5-2-6-20-17/h1-6,9,14-15H,7-8,10-11H2/t14-,15+/m1/s1. The molecule has 1 aromatic carbocycles. The van der Waals surface area contributed by atoms with Crippen LogP contribution in [-0.4, -0.2) is 59.2 Å². The van der Waals surface area contributed by atoms with Crippen molar-refractivity contribution in [2.24, 2.45) is 0 Å². The highest BCUT2D eigenvalue weighted by Crippen LogP contribution is 2.26. The van der Waals surface area contributed by atoms with Crippen LogP contribution < -0.4 is 4.90 Å². The molecule has 24 heavy (non-hydrogen) atoms. The van der Waals surface area contributed by atoms with Gasteiger partial charge in [0.25, 0.3) is 5.91 Å². The summed E-state index contributed by atoms with van der Waals surface area (Å²) in [5.74, 6) is 0.0605. The molecule has 0 unspecified atom stereocenters. The molecular formula is C17H17FN4O2. The third kappa shape index (κ3) is 2.71. The highest BCUT2D eigenvalue weighted by Gasteiger charge is 2.42. The van der Waals surface area contributed by atoms with Crippen LogP contribution in [0.5, 0.6) is 0 Å². The predicted molar refractivity (Wildman–Crippen MR) is 85.2 cm³/mol. The molecule has 2 aliphatic rings. The van der Waals surface area contributed by atoms with E-state index in [4.69, 9.17) is 4.74 Å². The SMILES string of the molecule is O=C(c1cccc(F)c1)N1C[C@@H]2OCCN(c3ncccn3)[C@@H]2C1. The van der Waals surface area contributed by atoms with Crippen molar-refractivity contribution in [2.45, 2.75) is 12.1 Å². The molecule has 1 amide bonds. The van der Waals surface area contributed by atoms with Gasteiger partial charge in [0.15, 0.2) is 0 Å². The highest BCUT2D eigenvalue weighted by molar-refractivity contribution is 5.94. The average Bonchev–Trinajstić information content (AvgIpc) is 3.06. The number of morpholine rings is 1. The number of benzene rings is 1. The maximum atomic E-state index is 13.4. The topological polar surface area (TPSA) is 58.6 Å². The maximum Gasteiger partial charge on any atom is 0.254 e. The lowest BCUT2D eigenvalue weighted by atomic mass is 10.1. The number of rotatable bonds is 2. The van der Waals surface area contributed by atoms with Gasteiger partial charge in [-0.25, -0.2) is 14.4 Å². The summed E-state index contributed by atoms with van der Waals surface area (Å²) in [5, 5.41) is 0. The van der Waals surface area contributed by atoms with Crippen LogP contribution in [0.15, 0.2) is 42.7 Å².